The molecule has 0 saturated carbocycles. The van der Waals surface area contributed by atoms with E-state index in [0.29, 0.717) is 6.04 Å². The summed E-state index contributed by atoms with van der Waals surface area (Å²) in [5.74, 6) is 0. The van der Waals surface area contributed by atoms with E-state index in [-0.39, 0.29) is 6.04 Å². The number of benzene rings is 1. The Morgan fingerprint density at radius 1 is 1.05 bits per heavy atom. The predicted molar refractivity (Wildman–Crippen MR) is 82.7 cm³/mol. The van der Waals surface area contributed by atoms with E-state index in [0.717, 1.165) is 5.01 Å². The highest BCUT2D eigenvalue weighted by Gasteiger charge is 2.16. The molecule has 0 aliphatic carbocycles. The van der Waals surface area contributed by atoms with Gasteiger partial charge in [-0.25, -0.2) is 4.98 Å². The van der Waals surface area contributed by atoms with Gasteiger partial charge in [0.15, 0.2) is 0 Å². The molecule has 1 heterocycles. The summed E-state index contributed by atoms with van der Waals surface area (Å²) in [4.78, 5) is 5.95. The summed E-state index contributed by atoms with van der Waals surface area (Å²) in [6, 6.07) is 9.15. The number of aromatic nitrogens is 1. The third kappa shape index (κ3) is 3.23. The lowest BCUT2D eigenvalue weighted by molar-refractivity contribution is 0.484. The van der Waals surface area contributed by atoms with Gasteiger partial charge in [0, 0.05) is 17.0 Å². The monoisotopic (exact) mass is 274 g/mol. The van der Waals surface area contributed by atoms with E-state index < -0.39 is 0 Å². The second kappa shape index (κ2) is 5.85. The maximum absolute atomic E-state index is 4.64. The SMILES string of the molecule is Cc1nc(C(C)N[C@@H](C)c2ccccc2C)c(C)s1. The van der Waals surface area contributed by atoms with Crippen LogP contribution in [0.3, 0.4) is 0 Å². The van der Waals surface area contributed by atoms with E-state index in [2.05, 4.69) is 69.2 Å². The first-order chi connectivity index (χ1) is 8.99. The molecular weight excluding hydrogens is 252 g/mol. The number of thiazole rings is 1. The van der Waals surface area contributed by atoms with Gasteiger partial charge in [-0.05, 0) is 45.7 Å². The van der Waals surface area contributed by atoms with E-state index in [9.17, 15) is 0 Å². The van der Waals surface area contributed by atoms with Gasteiger partial charge in [0.25, 0.3) is 0 Å². The maximum Gasteiger partial charge on any atom is 0.0900 e. The van der Waals surface area contributed by atoms with Gasteiger partial charge >= 0.3 is 0 Å². The lowest BCUT2D eigenvalue weighted by Crippen LogP contribution is -2.23. The van der Waals surface area contributed by atoms with E-state index in [1.807, 2.05) is 0 Å². The van der Waals surface area contributed by atoms with E-state index in [1.165, 1.54) is 21.7 Å². The number of nitrogens with zero attached hydrogens (tertiary/aromatic N) is 1. The van der Waals surface area contributed by atoms with Crippen LogP contribution in [0.2, 0.25) is 0 Å². The van der Waals surface area contributed by atoms with Crippen LogP contribution in [0.15, 0.2) is 24.3 Å². The molecule has 2 aromatic rings. The average Bonchev–Trinajstić information content (AvgIpc) is 2.69. The Labute approximate surface area is 119 Å². The Morgan fingerprint density at radius 3 is 2.32 bits per heavy atom. The van der Waals surface area contributed by atoms with Crippen molar-refractivity contribution in [3.63, 3.8) is 0 Å². The first-order valence-corrected chi connectivity index (χ1v) is 7.56. The zero-order chi connectivity index (χ0) is 14.0. The molecule has 0 bridgehead atoms. The second-order valence-electron chi connectivity index (χ2n) is 5.14. The molecule has 102 valence electrons. The number of nitrogens with one attached hydrogen (secondary N) is 1. The Morgan fingerprint density at radius 2 is 1.74 bits per heavy atom. The van der Waals surface area contributed by atoms with Crippen LogP contribution in [-0.4, -0.2) is 4.98 Å². The van der Waals surface area contributed by atoms with Crippen LogP contribution < -0.4 is 5.32 Å². The first-order valence-electron chi connectivity index (χ1n) is 6.74. The van der Waals surface area contributed by atoms with Crippen LogP contribution >= 0.6 is 11.3 Å². The van der Waals surface area contributed by atoms with Crippen molar-refractivity contribution in [2.24, 2.45) is 0 Å². The molecule has 0 radical (unpaired) electrons. The van der Waals surface area contributed by atoms with Gasteiger partial charge < -0.3 is 5.32 Å². The predicted octanol–water partition coefficient (Wildman–Crippen LogP) is 4.48. The summed E-state index contributed by atoms with van der Waals surface area (Å²) in [5.41, 5.74) is 3.88. The molecule has 0 fully saturated rings. The van der Waals surface area contributed by atoms with Crippen molar-refractivity contribution in [3.05, 3.63) is 51.0 Å². The fraction of sp³-hybridized carbons (Fsp3) is 0.438. The van der Waals surface area contributed by atoms with Gasteiger partial charge in [-0.2, -0.15) is 0 Å². The Bertz CT molecular complexity index is 560. The third-order valence-electron chi connectivity index (χ3n) is 3.50. The summed E-state index contributed by atoms with van der Waals surface area (Å²) < 4.78 is 0. The van der Waals surface area contributed by atoms with Crippen molar-refractivity contribution in [2.75, 3.05) is 0 Å². The Hall–Kier alpha value is -1.19. The molecule has 0 spiro atoms. The zero-order valence-electron chi connectivity index (χ0n) is 12.3. The standard InChI is InChI=1S/C16H22N2S/c1-10-8-6-7-9-15(10)11(2)17-12(3)16-13(4)19-14(5)18-16/h6-9,11-12,17H,1-5H3/t11-,12?/m0/s1. The van der Waals surface area contributed by atoms with E-state index in [4.69, 9.17) is 0 Å². The molecule has 1 unspecified atom stereocenters. The minimum atomic E-state index is 0.277. The minimum Gasteiger partial charge on any atom is -0.302 e. The van der Waals surface area contributed by atoms with Crippen molar-refractivity contribution in [3.8, 4) is 0 Å². The normalized spacial score (nSPS) is 14.4. The zero-order valence-corrected chi connectivity index (χ0v) is 13.1. The van der Waals surface area contributed by atoms with Crippen molar-refractivity contribution < 1.29 is 0 Å². The number of hydrogen-bond acceptors (Lipinski definition) is 3. The second-order valence-corrected chi connectivity index (χ2v) is 6.55. The molecule has 2 atom stereocenters. The van der Waals surface area contributed by atoms with Gasteiger partial charge in [0.05, 0.1) is 10.7 Å². The molecule has 0 amide bonds. The molecule has 2 rings (SSSR count). The molecule has 0 saturated heterocycles. The summed E-state index contributed by atoms with van der Waals surface area (Å²) in [6.45, 7) is 10.8. The van der Waals surface area contributed by atoms with Gasteiger partial charge in [0.1, 0.15) is 0 Å². The smallest absolute Gasteiger partial charge is 0.0900 e. The topological polar surface area (TPSA) is 24.9 Å². The van der Waals surface area contributed by atoms with Crippen LogP contribution in [0.5, 0.6) is 0 Å². The molecule has 2 nitrogen and oxygen atoms in total. The summed E-state index contributed by atoms with van der Waals surface area (Å²) >= 11 is 1.77. The van der Waals surface area contributed by atoms with Crippen molar-refractivity contribution in [2.45, 2.75) is 46.7 Å². The first kappa shape index (κ1) is 14.2. The molecule has 0 aliphatic rings. The third-order valence-corrected chi connectivity index (χ3v) is 4.41. The van der Waals surface area contributed by atoms with E-state index >= 15 is 0 Å². The number of hydrogen-bond donors (Lipinski definition) is 1. The summed E-state index contributed by atoms with van der Waals surface area (Å²) in [5, 5.41) is 4.79. The molecular formula is C16H22N2S. The molecule has 1 N–H and O–H groups in total. The van der Waals surface area contributed by atoms with Crippen molar-refractivity contribution in [1.82, 2.24) is 10.3 Å². The quantitative estimate of drug-likeness (QED) is 0.889. The number of aryl methyl sites for hydroxylation is 3. The van der Waals surface area contributed by atoms with Gasteiger partial charge in [-0.3, -0.25) is 0 Å². The average molecular weight is 274 g/mol. The van der Waals surface area contributed by atoms with E-state index in [1.54, 1.807) is 11.3 Å². The van der Waals surface area contributed by atoms with Crippen LogP contribution in [0.4, 0.5) is 0 Å². The highest BCUT2D eigenvalue weighted by molar-refractivity contribution is 7.11. The number of rotatable bonds is 4. The lowest BCUT2D eigenvalue weighted by Gasteiger charge is -2.21. The fourth-order valence-corrected chi connectivity index (χ4v) is 3.48. The minimum absolute atomic E-state index is 0.277. The maximum atomic E-state index is 4.64. The van der Waals surface area contributed by atoms with Gasteiger partial charge in [-0.15, -0.1) is 11.3 Å². The lowest BCUT2D eigenvalue weighted by atomic mass is 10.0. The molecule has 1 aromatic heterocycles. The summed E-state index contributed by atoms with van der Waals surface area (Å²) in [7, 11) is 0. The molecule has 1 aromatic carbocycles. The highest BCUT2D eigenvalue weighted by Crippen LogP contribution is 2.25. The van der Waals surface area contributed by atoms with Crippen LogP contribution in [-0.2, 0) is 0 Å². The largest absolute Gasteiger partial charge is 0.302 e. The summed E-state index contributed by atoms with van der Waals surface area (Å²) in [6.07, 6.45) is 0. The van der Waals surface area contributed by atoms with Crippen molar-refractivity contribution >= 4 is 11.3 Å². The fourth-order valence-electron chi connectivity index (χ4n) is 2.56. The van der Waals surface area contributed by atoms with Crippen LogP contribution in [0.1, 0.15) is 52.6 Å². The van der Waals surface area contributed by atoms with Crippen molar-refractivity contribution in [1.29, 1.82) is 0 Å². The van der Waals surface area contributed by atoms with Gasteiger partial charge in [-0.1, -0.05) is 24.3 Å². The van der Waals surface area contributed by atoms with Gasteiger partial charge in [0.2, 0.25) is 0 Å². The van der Waals surface area contributed by atoms with Crippen LogP contribution in [0, 0.1) is 20.8 Å². The van der Waals surface area contributed by atoms with Crippen LogP contribution in [0.25, 0.3) is 0 Å². The Balaban J connectivity index is 2.13. The molecule has 0 aliphatic heterocycles. The molecule has 19 heavy (non-hydrogen) atoms. The molecule has 3 heteroatoms. The highest BCUT2D eigenvalue weighted by atomic mass is 32.1. The Kier molecular flexibility index (Phi) is 4.38.